The van der Waals surface area contributed by atoms with Crippen LogP contribution in [0.2, 0.25) is 0 Å². The summed E-state index contributed by atoms with van der Waals surface area (Å²) in [5, 5.41) is 21.2. The molecule has 58 heavy (non-hydrogen) atoms. The van der Waals surface area contributed by atoms with E-state index in [9.17, 15) is 43.3 Å². The lowest BCUT2D eigenvalue weighted by atomic mass is 10.1. The number of phosphoric acid groups is 2. The number of ether oxygens (including phenoxy) is 2. The molecule has 3 unspecified atom stereocenters. The number of phosphoric ester groups is 2. The molecule has 312 valence electrons. The van der Waals surface area contributed by atoms with E-state index >= 15 is 0 Å². The summed E-state index contributed by atoms with van der Waals surface area (Å²) < 4.78 is 70.2. The normalized spacial score (nSPS) is 27.0. The molecule has 9 atom stereocenters. The third-order valence-corrected chi connectivity index (χ3v) is 13.5. The number of aromatic nitrogens is 6. The van der Waals surface area contributed by atoms with Gasteiger partial charge in [-0.05, 0) is 5.56 Å². The van der Waals surface area contributed by atoms with Crippen LogP contribution < -0.4 is 32.4 Å². The number of aromatic amines is 2. The van der Waals surface area contributed by atoms with Crippen LogP contribution in [-0.4, -0.2) is 133 Å². The quantitative estimate of drug-likeness (QED) is 0.0537. The highest BCUT2D eigenvalue weighted by molar-refractivity contribution is 7.86. The van der Waals surface area contributed by atoms with Gasteiger partial charge >= 0.3 is 15.6 Å². The molecule has 6 heterocycles. The Balaban J connectivity index is 0.970. The van der Waals surface area contributed by atoms with Gasteiger partial charge in [-0.1, -0.05) is 30.3 Å². The lowest BCUT2D eigenvalue weighted by Gasteiger charge is -2.42. The second-order valence-corrected chi connectivity index (χ2v) is 18.2. The van der Waals surface area contributed by atoms with Gasteiger partial charge in [0.15, 0.2) is 23.2 Å². The number of nitrogens with zero attached hydrogens (tertiary/aromatic N) is 7. The first-order valence-corrected chi connectivity index (χ1v) is 21.7. The summed E-state index contributed by atoms with van der Waals surface area (Å²) >= 11 is 0. The third kappa shape index (κ3) is 9.22. The molecular formula is C28H37BN11O15P3. The largest absolute Gasteiger partial charge is 0.478 e. The molecule has 2 fully saturated rings. The van der Waals surface area contributed by atoms with Gasteiger partial charge in [0.25, 0.3) is 18.6 Å². The number of aliphatic hydroxyl groups excluding tert-OH is 2. The van der Waals surface area contributed by atoms with Crippen molar-refractivity contribution in [3.63, 3.8) is 0 Å². The van der Waals surface area contributed by atoms with Gasteiger partial charge in [0.1, 0.15) is 30.2 Å². The smallest absolute Gasteiger partial charge is 0.387 e. The number of imidazole rings is 1. The molecule has 3 aliphatic rings. The average Bonchev–Trinajstić information content (AvgIpc) is 3.78. The predicted molar refractivity (Wildman–Crippen MR) is 201 cm³/mol. The number of hydrogen-bond acceptors (Lipinski definition) is 21. The van der Waals surface area contributed by atoms with Crippen LogP contribution in [0.1, 0.15) is 11.8 Å². The number of fused-ring (bicyclic) bond motifs is 2. The maximum atomic E-state index is 13.0. The monoisotopic (exact) mass is 871 g/mol. The van der Waals surface area contributed by atoms with Crippen LogP contribution in [0, 0.1) is 0 Å². The third-order valence-electron chi connectivity index (χ3n) is 9.06. The molecule has 4 aromatic rings. The van der Waals surface area contributed by atoms with Crippen molar-refractivity contribution in [2.45, 2.75) is 43.4 Å². The Morgan fingerprint density at radius 1 is 0.931 bits per heavy atom. The number of benzene rings is 1. The molecule has 7 rings (SSSR count). The van der Waals surface area contributed by atoms with Gasteiger partial charge in [0, 0.05) is 26.7 Å². The van der Waals surface area contributed by atoms with Crippen molar-refractivity contribution < 1.29 is 60.8 Å². The fraction of sp³-hybridized carbons (Fsp3) is 0.464. The van der Waals surface area contributed by atoms with Crippen LogP contribution in [0.3, 0.4) is 0 Å². The molecule has 30 heteroatoms. The number of nitrogen functional groups attached to an aromatic ring is 2. The number of anilines is 4. The van der Waals surface area contributed by atoms with Crippen LogP contribution in [0.25, 0.3) is 11.2 Å². The Bertz CT molecular complexity index is 2430. The Morgan fingerprint density at radius 2 is 1.59 bits per heavy atom. The van der Waals surface area contributed by atoms with Crippen LogP contribution >= 0.6 is 23.1 Å². The molecule has 1 aromatic carbocycles. The number of hydrogen-bond donors (Lipinski definition) is 8. The molecule has 10 N–H and O–H groups in total. The fourth-order valence-electron chi connectivity index (χ4n) is 6.66. The summed E-state index contributed by atoms with van der Waals surface area (Å²) in [5.41, 5.74) is 11.2. The zero-order chi connectivity index (χ0) is 41.7. The second kappa shape index (κ2) is 16.2. The lowest BCUT2D eigenvalue weighted by molar-refractivity contribution is -0.103. The highest BCUT2D eigenvalue weighted by Crippen LogP contribution is 2.67. The molecule has 3 aliphatic heterocycles. The number of nitrogens with one attached hydrogen (secondary N) is 2. The molecule has 0 spiro atoms. The van der Waals surface area contributed by atoms with Crippen molar-refractivity contribution in [2.75, 3.05) is 61.3 Å². The molecule has 0 aliphatic carbocycles. The summed E-state index contributed by atoms with van der Waals surface area (Å²) in [7, 11) is -9.31. The second-order valence-electron chi connectivity index (χ2n) is 13.4. The average molecular weight is 871 g/mol. The molecule has 3 aromatic heterocycles. The Labute approximate surface area is 327 Å². The fourth-order valence-corrected chi connectivity index (χ4v) is 10.4. The number of rotatable bonds is 14. The standard InChI is InChI=1S/C28H37BN11O15P3/c1-37-13-40(23-19(37)25(44)36-28(31)34-23)17-9-38(7-14-5-3-2-4-6-14)8-15(52-17)10-50-57(46,47)54-56(29,45)55-58(48,49)51-11-16-20(41)21(42)26(53-16)39-12-32-18-22(39)33-27(30)35-24(18)43/h2-6,12,15-17,20-21,26,41-42H,7-11,13H2,1H3,(H,46,47)(H,48,49)(H3,30,33,35,43)(H3,31,34,36,44)/t15-,16+,17+,20+,21+,26+,56?/m0/s1. The molecular weight excluding hydrogens is 834 g/mol. The zero-order valence-electron chi connectivity index (χ0n) is 30.2. The maximum Gasteiger partial charge on any atom is 0.478 e. The SMILES string of the molecule is [B]P(=O)(OP(=O)(O)OC[C@@H]1CN(Cc2ccccc2)C[C@H](N2CN(C)c3c2nc(N)[nH]c3=O)O1)OP(=O)(O)OC[C@H]1O[C@@H](n2cnc3c(=O)[nH]c(N)nc32)[C@H](O)[C@@H]1O. The summed E-state index contributed by atoms with van der Waals surface area (Å²) in [4.78, 5) is 67.7. The van der Waals surface area contributed by atoms with Crippen molar-refractivity contribution in [3.8, 4) is 0 Å². The Kier molecular flexibility index (Phi) is 11.8. The van der Waals surface area contributed by atoms with Crippen LogP contribution in [0.5, 0.6) is 0 Å². The Morgan fingerprint density at radius 3 is 2.29 bits per heavy atom. The van der Waals surface area contributed by atoms with E-state index in [0.717, 1.165) is 16.5 Å². The highest BCUT2D eigenvalue weighted by atomic mass is 31.3. The van der Waals surface area contributed by atoms with Crippen LogP contribution in [0.4, 0.5) is 23.4 Å². The minimum absolute atomic E-state index is 0.114. The lowest BCUT2D eigenvalue weighted by Crippen LogP contribution is -2.55. The topological polar surface area (TPSA) is 359 Å². The van der Waals surface area contributed by atoms with E-state index in [1.165, 1.54) is 0 Å². The first-order chi connectivity index (χ1) is 27.3. The van der Waals surface area contributed by atoms with E-state index in [4.69, 9.17) is 37.6 Å². The van der Waals surface area contributed by atoms with Gasteiger partial charge in [-0.2, -0.15) is 9.97 Å². The molecule has 0 bridgehead atoms. The van der Waals surface area contributed by atoms with Crippen LogP contribution in [0.15, 0.2) is 46.2 Å². The summed E-state index contributed by atoms with van der Waals surface area (Å²) in [5.74, 6) is -0.148. The van der Waals surface area contributed by atoms with Gasteiger partial charge in [-0.25, -0.2) is 22.7 Å². The van der Waals surface area contributed by atoms with Crippen molar-refractivity contribution in [1.82, 2.24) is 34.4 Å². The Hall–Kier alpha value is -4.04. The van der Waals surface area contributed by atoms with Crippen molar-refractivity contribution in [1.29, 1.82) is 0 Å². The number of aliphatic hydroxyl groups is 2. The van der Waals surface area contributed by atoms with Crippen molar-refractivity contribution in [3.05, 3.63) is 62.9 Å². The van der Waals surface area contributed by atoms with Gasteiger partial charge < -0.3 is 50.7 Å². The predicted octanol–water partition coefficient (Wildman–Crippen LogP) is -1.33. The maximum absolute atomic E-state index is 13.0. The number of morpholine rings is 1. The molecule has 2 radical (unpaired) electrons. The molecule has 0 saturated carbocycles. The highest BCUT2D eigenvalue weighted by Gasteiger charge is 2.47. The van der Waals surface area contributed by atoms with E-state index in [1.54, 1.807) is 16.8 Å². The van der Waals surface area contributed by atoms with Gasteiger partial charge in [-0.3, -0.25) is 42.6 Å². The first kappa shape index (κ1) is 42.1. The van der Waals surface area contributed by atoms with Gasteiger partial charge in [0.05, 0.1) is 32.3 Å². The van der Waals surface area contributed by atoms with Gasteiger partial charge in [0.2, 0.25) is 19.5 Å². The summed E-state index contributed by atoms with van der Waals surface area (Å²) in [6.07, 6.45) is -7.14. The molecule has 26 nitrogen and oxygen atoms in total. The van der Waals surface area contributed by atoms with Crippen molar-refractivity contribution >= 4 is 65.3 Å². The number of nitrogens with two attached hydrogens (primary N) is 2. The first-order valence-electron chi connectivity index (χ1n) is 17.1. The van der Waals surface area contributed by atoms with E-state index in [-0.39, 0.29) is 54.3 Å². The number of H-pyrrole nitrogens is 2. The minimum Gasteiger partial charge on any atom is -0.387 e. The van der Waals surface area contributed by atoms with Crippen LogP contribution in [-0.2, 0) is 47.4 Å². The summed E-state index contributed by atoms with van der Waals surface area (Å²) in [6.45, 7) is -0.628. The zero-order valence-corrected chi connectivity index (χ0v) is 32.8. The summed E-state index contributed by atoms with van der Waals surface area (Å²) in [6, 6.07) is 9.38. The molecule has 2 saturated heterocycles. The van der Waals surface area contributed by atoms with Crippen molar-refractivity contribution in [2.24, 2.45) is 0 Å². The minimum atomic E-state index is -5.52. The molecule has 0 amide bonds. The van der Waals surface area contributed by atoms with E-state index in [0.29, 0.717) is 6.54 Å². The van der Waals surface area contributed by atoms with E-state index < -0.39 is 84.3 Å². The van der Waals surface area contributed by atoms with E-state index in [2.05, 4.69) is 33.5 Å². The van der Waals surface area contributed by atoms with Gasteiger partial charge in [-0.15, -0.1) is 0 Å². The van der Waals surface area contributed by atoms with E-state index in [1.807, 2.05) is 35.2 Å².